The highest BCUT2D eigenvalue weighted by Gasteiger charge is 2.03. The number of unbranched alkanes of at least 4 members (excludes halogenated alkanes) is 4. The van der Waals surface area contributed by atoms with Crippen molar-refractivity contribution in [2.75, 3.05) is 0 Å². The predicted octanol–water partition coefficient (Wildman–Crippen LogP) is 2.92. The van der Waals surface area contributed by atoms with Gasteiger partial charge in [0.25, 0.3) is 0 Å². The van der Waals surface area contributed by atoms with Gasteiger partial charge in [0.15, 0.2) is 0 Å². The molecule has 0 saturated heterocycles. The Hall–Kier alpha value is -0.530. The van der Waals surface area contributed by atoms with Crippen LogP contribution < -0.4 is 5.73 Å². The average Bonchev–Trinajstić information content (AvgIpc) is 2.03. The fourth-order valence-corrected chi connectivity index (χ4v) is 1.21. The third kappa shape index (κ3) is 6.20. The van der Waals surface area contributed by atoms with Crippen molar-refractivity contribution in [2.45, 2.75) is 52.4 Å². The molecule has 1 atom stereocenters. The van der Waals surface area contributed by atoms with Crippen LogP contribution >= 0.6 is 0 Å². The van der Waals surface area contributed by atoms with Gasteiger partial charge in [0, 0.05) is 5.92 Å². The number of rotatable bonds is 7. The van der Waals surface area contributed by atoms with Crippen molar-refractivity contribution in [2.24, 2.45) is 11.7 Å². The number of hydrogen-bond acceptors (Lipinski definition) is 1. The second-order valence-corrected chi connectivity index (χ2v) is 3.56. The summed E-state index contributed by atoms with van der Waals surface area (Å²) >= 11 is 0. The van der Waals surface area contributed by atoms with Gasteiger partial charge in [-0.2, -0.15) is 0 Å². The van der Waals surface area contributed by atoms with Crippen LogP contribution in [0.25, 0.3) is 0 Å². The van der Waals surface area contributed by atoms with Crippen LogP contribution in [0.1, 0.15) is 52.4 Å². The summed E-state index contributed by atoms with van der Waals surface area (Å²) in [7, 11) is 0. The lowest BCUT2D eigenvalue weighted by atomic mass is 10.0. The van der Waals surface area contributed by atoms with E-state index in [1.165, 1.54) is 32.1 Å². The number of hydrogen-bond donors (Lipinski definition) is 2. The quantitative estimate of drug-likeness (QED) is 0.344. The minimum Gasteiger partial charge on any atom is -0.387 e. The summed E-state index contributed by atoms with van der Waals surface area (Å²) in [5, 5.41) is 7.19. The summed E-state index contributed by atoms with van der Waals surface area (Å²) in [5.74, 6) is 0.622. The molecule has 0 saturated carbocycles. The summed E-state index contributed by atoms with van der Waals surface area (Å²) in [4.78, 5) is 0. The van der Waals surface area contributed by atoms with Crippen molar-refractivity contribution in [3.63, 3.8) is 0 Å². The molecule has 0 bridgehead atoms. The van der Waals surface area contributed by atoms with Gasteiger partial charge in [0.05, 0.1) is 5.84 Å². The first-order valence-electron chi connectivity index (χ1n) is 5.02. The molecule has 0 spiro atoms. The van der Waals surface area contributed by atoms with E-state index in [0.717, 1.165) is 6.42 Å². The van der Waals surface area contributed by atoms with E-state index in [9.17, 15) is 0 Å². The molecule has 0 radical (unpaired) electrons. The second kappa shape index (κ2) is 7.14. The molecule has 72 valence electrons. The van der Waals surface area contributed by atoms with Crippen LogP contribution in [-0.2, 0) is 0 Å². The summed E-state index contributed by atoms with van der Waals surface area (Å²) in [6.45, 7) is 4.25. The SMILES string of the molecule is CCCCCCCC(C)C(=N)N. The fraction of sp³-hybridized carbons (Fsp3) is 0.900. The number of amidine groups is 1. The number of nitrogens with two attached hydrogens (primary N) is 1. The standard InChI is InChI=1S/C10H22N2/c1-3-4-5-6-7-8-9(2)10(11)12/h9H,3-8H2,1-2H3,(H3,11,12). The van der Waals surface area contributed by atoms with Gasteiger partial charge in [-0.25, -0.2) is 0 Å². The molecule has 12 heavy (non-hydrogen) atoms. The minimum absolute atomic E-state index is 0.284. The van der Waals surface area contributed by atoms with Crippen LogP contribution in [0, 0.1) is 11.3 Å². The molecule has 3 N–H and O–H groups in total. The lowest BCUT2D eigenvalue weighted by molar-refractivity contribution is 0.563. The normalized spacial score (nSPS) is 12.8. The van der Waals surface area contributed by atoms with E-state index in [-0.39, 0.29) is 5.92 Å². The largest absolute Gasteiger partial charge is 0.387 e. The summed E-state index contributed by atoms with van der Waals surface area (Å²) < 4.78 is 0. The van der Waals surface area contributed by atoms with Gasteiger partial charge in [-0.1, -0.05) is 46.0 Å². The summed E-state index contributed by atoms with van der Waals surface area (Å²) in [6, 6.07) is 0. The maximum atomic E-state index is 7.19. The molecule has 2 heteroatoms. The third-order valence-electron chi connectivity index (χ3n) is 2.27. The highest BCUT2D eigenvalue weighted by Crippen LogP contribution is 2.10. The number of nitrogens with one attached hydrogen (secondary N) is 1. The summed E-state index contributed by atoms with van der Waals surface area (Å²) in [5.41, 5.74) is 5.36. The van der Waals surface area contributed by atoms with Crippen LogP contribution in [0.2, 0.25) is 0 Å². The predicted molar refractivity (Wildman–Crippen MR) is 54.5 cm³/mol. The van der Waals surface area contributed by atoms with Crippen molar-refractivity contribution in [1.82, 2.24) is 0 Å². The highest BCUT2D eigenvalue weighted by molar-refractivity contribution is 5.79. The van der Waals surface area contributed by atoms with E-state index in [1.807, 2.05) is 6.92 Å². The third-order valence-corrected chi connectivity index (χ3v) is 2.27. The van der Waals surface area contributed by atoms with Crippen molar-refractivity contribution in [3.05, 3.63) is 0 Å². The lowest BCUT2D eigenvalue weighted by Gasteiger charge is -2.08. The average molecular weight is 170 g/mol. The van der Waals surface area contributed by atoms with E-state index < -0.39 is 0 Å². The van der Waals surface area contributed by atoms with E-state index in [4.69, 9.17) is 11.1 Å². The molecule has 0 aliphatic carbocycles. The molecule has 2 nitrogen and oxygen atoms in total. The topological polar surface area (TPSA) is 49.9 Å². The van der Waals surface area contributed by atoms with Gasteiger partial charge in [-0.15, -0.1) is 0 Å². The minimum atomic E-state index is 0.284. The Labute approximate surface area is 76.0 Å². The van der Waals surface area contributed by atoms with E-state index in [1.54, 1.807) is 0 Å². The van der Waals surface area contributed by atoms with E-state index in [0.29, 0.717) is 5.84 Å². The van der Waals surface area contributed by atoms with Crippen molar-refractivity contribution in [1.29, 1.82) is 5.41 Å². The molecule has 0 aromatic heterocycles. The first-order chi connectivity index (χ1) is 5.68. The molecule has 0 aromatic carbocycles. The van der Waals surface area contributed by atoms with Crippen molar-refractivity contribution in [3.8, 4) is 0 Å². The molecule has 0 aromatic rings. The van der Waals surface area contributed by atoms with Crippen LogP contribution in [0.4, 0.5) is 0 Å². The Morgan fingerprint density at radius 2 is 1.83 bits per heavy atom. The summed E-state index contributed by atoms with van der Waals surface area (Å²) in [6.07, 6.45) is 7.57. The Balaban J connectivity index is 3.14. The maximum Gasteiger partial charge on any atom is 0.0934 e. The highest BCUT2D eigenvalue weighted by atomic mass is 14.7. The fourth-order valence-electron chi connectivity index (χ4n) is 1.21. The maximum absolute atomic E-state index is 7.19. The monoisotopic (exact) mass is 170 g/mol. The van der Waals surface area contributed by atoms with Gasteiger partial charge in [-0.3, -0.25) is 5.41 Å². The van der Waals surface area contributed by atoms with Crippen molar-refractivity contribution >= 4 is 5.84 Å². The van der Waals surface area contributed by atoms with Crippen LogP contribution in [0.15, 0.2) is 0 Å². The molecule has 0 rings (SSSR count). The molecule has 0 aliphatic heterocycles. The van der Waals surface area contributed by atoms with Crippen LogP contribution in [0.3, 0.4) is 0 Å². The first-order valence-corrected chi connectivity index (χ1v) is 5.02. The Morgan fingerprint density at radius 3 is 2.33 bits per heavy atom. The molecule has 0 amide bonds. The Kier molecular flexibility index (Phi) is 6.82. The van der Waals surface area contributed by atoms with Crippen LogP contribution in [-0.4, -0.2) is 5.84 Å². The molecular weight excluding hydrogens is 148 g/mol. The van der Waals surface area contributed by atoms with Gasteiger partial charge in [0.1, 0.15) is 0 Å². The van der Waals surface area contributed by atoms with Gasteiger partial charge < -0.3 is 5.73 Å². The zero-order valence-corrected chi connectivity index (χ0v) is 8.40. The zero-order chi connectivity index (χ0) is 9.40. The first kappa shape index (κ1) is 11.5. The molecule has 0 heterocycles. The smallest absolute Gasteiger partial charge is 0.0934 e. The van der Waals surface area contributed by atoms with Gasteiger partial charge >= 0.3 is 0 Å². The van der Waals surface area contributed by atoms with E-state index >= 15 is 0 Å². The second-order valence-electron chi connectivity index (χ2n) is 3.56. The van der Waals surface area contributed by atoms with Gasteiger partial charge in [0.2, 0.25) is 0 Å². The molecule has 1 unspecified atom stereocenters. The van der Waals surface area contributed by atoms with Crippen LogP contribution in [0.5, 0.6) is 0 Å². The Morgan fingerprint density at radius 1 is 1.25 bits per heavy atom. The Bertz CT molecular complexity index is 121. The van der Waals surface area contributed by atoms with Gasteiger partial charge in [-0.05, 0) is 6.42 Å². The van der Waals surface area contributed by atoms with E-state index in [2.05, 4.69) is 6.92 Å². The lowest BCUT2D eigenvalue weighted by Crippen LogP contribution is -2.19. The zero-order valence-electron chi connectivity index (χ0n) is 8.40. The molecule has 0 fully saturated rings. The molecule has 0 aliphatic rings. The van der Waals surface area contributed by atoms with Crippen molar-refractivity contribution < 1.29 is 0 Å². The molecular formula is C10H22N2.